The number of aliphatic hydroxyl groups excluding tert-OH is 1. The Morgan fingerprint density at radius 2 is 2.07 bits per heavy atom. The molecule has 1 heterocycles. The van der Waals surface area contributed by atoms with E-state index in [-0.39, 0.29) is 77.2 Å². The minimum Gasteiger partial charge on any atom is -0.448 e. The average Bonchev–Trinajstić information content (AvgIpc) is 2.06. The topological polar surface area (TPSA) is 32.7 Å². The summed E-state index contributed by atoms with van der Waals surface area (Å²) in [6.07, 6.45) is -1.36. The third-order valence-electron chi connectivity index (χ3n) is 2.28. The van der Waals surface area contributed by atoms with E-state index in [0.29, 0.717) is 0 Å². The number of hydrogen-bond donors (Lipinski definition) is 1. The Morgan fingerprint density at radius 3 is 2.53 bits per heavy atom. The summed E-state index contributed by atoms with van der Waals surface area (Å²) in [4.78, 5) is 1.31. The number of morpholine rings is 1. The van der Waals surface area contributed by atoms with Crippen molar-refractivity contribution in [1.82, 2.24) is 4.90 Å². The van der Waals surface area contributed by atoms with E-state index in [2.05, 4.69) is 0 Å². The second-order valence-electron chi connectivity index (χ2n) is 3.65. The van der Waals surface area contributed by atoms with E-state index < -0.39 is 19.5 Å². The van der Waals surface area contributed by atoms with Gasteiger partial charge < -0.3 is 27.7 Å². The predicted octanol–water partition coefficient (Wildman–Crippen LogP) is -2.54. The molecule has 1 aliphatic heterocycles. The van der Waals surface area contributed by atoms with E-state index in [1.54, 1.807) is 6.92 Å². The summed E-state index contributed by atoms with van der Waals surface area (Å²) < 4.78 is 41.6. The molecule has 0 amide bonds. The Bertz CT molecular complexity index is 196. The van der Waals surface area contributed by atoms with Gasteiger partial charge in [-0.25, -0.2) is 0 Å². The Labute approximate surface area is 130 Å². The maximum atomic E-state index is 12.2. The molecule has 0 aliphatic carbocycles. The molecule has 15 heavy (non-hydrogen) atoms. The van der Waals surface area contributed by atoms with E-state index in [4.69, 9.17) is 9.84 Å². The van der Waals surface area contributed by atoms with Crippen LogP contribution in [-0.4, -0.2) is 55.3 Å². The fourth-order valence-corrected chi connectivity index (χ4v) is 1.51. The molecule has 1 saturated heterocycles. The normalized spacial score (nSPS) is 28.6. The molecule has 2 unspecified atom stereocenters. The molecule has 0 spiro atoms. The van der Waals surface area contributed by atoms with Crippen molar-refractivity contribution in [3.63, 3.8) is 0 Å². The van der Waals surface area contributed by atoms with Gasteiger partial charge in [-0.15, -0.1) is 0 Å². The van der Waals surface area contributed by atoms with Gasteiger partial charge in [0.25, 0.3) is 0 Å². The number of aliphatic hydroxyl groups is 1. The van der Waals surface area contributed by atoms with E-state index in [1.165, 1.54) is 4.90 Å². The number of nitrogens with zero attached hydrogens (tertiary/aromatic N) is 1. The quantitative estimate of drug-likeness (QED) is 0.561. The molecule has 0 bridgehead atoms. The van der Waals surface area contributed by atoms with Gasteiger partial charge in [-0.2, -0.15) is 0 Å². The molecule has 84 valence electrons. The van der Waals surface area contributed by atoms with Gasteiger partial charge in [0.15, 0.2) is 0 Å². The van der Waals surface area contributed by atoms with Gasteiger partial charge in [-0.05, 0) is 13.4 Å². The van der Waals surface area contributed by atoms with Crippen molar-refractivity contribution < 1.29 is 74.2 Å². The van der Waals surface area contributed by atoms with Gasteiger partial charge in [-0.1, -0.05) is 0 Å². The first-order chi connectivity index (χ1) is 6.42. The molecule has 0 aromatic rings. The molecular weight excluding hydrogens is 237 g/mol. The molecule has 0 aromatic carbocycles. The van der Waals surface area contributed by atoms with Crippen LogP contribution in [0.1, 0.15) is 6.92 Å². The summed E-state index contributed by atoms with van der Waals surface area (Å²) in [5.41, 5.74) is 0. The molecule has 0 aromatic heterocycles. The van der Waals surface area contributed by atoms with Gasteiger partial charge in [-0.3, -0.25) is 0 Å². The van der Waals surface area contributed by atoms with Crippen molar-refractivity contribution in [3.05, 3.63) is 0 Å². The molecule has 0 saturated carbocycles. The molecule has 1 rings (SSSR count). The van der Waals surface area contributed by atoms with Crippen LogP contribution in [0.3, 0.4) is 0 Å². The predicted molar refractivity (Wildman–Crippen MR) is 46.9 cm³/mol. The van der Waals surface area contributed by atoms with Gasteiger partial charge in [0, 0.05) is 12.6 Å². The Kier molecular flexibility index (Phi) is 7.59. The van der Waals surface area contributed by atoms with Crippen molar-refractivity contribution in [2.75, 3.05) is 26.2 Å². The van der Waals surface area contributed by atoms with Crippen LogP contribution in [0.2, 0.25) is 0 Å². The van der Waals surface area contributed by atoms with Crippen LogP contribution in [0.25, 0.3) is 0 Å². The fraction of sp³-hybridized carbons (Fsp3) is 1.00. The summed E-state index contributed by atoms with van der Waals surface area (Å²) in [5.74, 6) is 0. The fourth-order valence-electron chi connectivity index (χ4n) is 1.51. The number of hydrogen-bond acceptors (Lipinski definition) is 3. The van der Waals surface area contributed by atoms with Crippen LogP contribution in [0.5, 0.6) is 0 Å². The van der Waals surface area contributed by atoms with Gasteiger partial charge in [0.1, 0.15) is 0 Å². The van der Waals surface area contributed by atoms with Crippen molar-refractivity contribution >= 4 is 6.98 Å². The molecule has 0 radical (unpaired) electrons. The minimum atomic E-state index is -4.80. The first-order valence-corrected chi connectivity index (χ1v) is 4.60. The van der Waals surface area contributed by atoms with E-state index in [0.717, 1.165) is 0 Å². The van der Waals surface area contributed by atoms with Crippen LogP contribution in [0.4, 0.5) is 12.9 Å². The molecule has 8 heteroatoms. The molecule has 2 atom stereocenters. The zero-order valence-electron chi connectivity index (χ0n) is 9.00. The maximum absolute atomic E-state index is 12.2. The van der Waals surface area contributed by atoms with Gasteiger partial charge >= 0.3 is 58.4 Å². The SMILES string of the molecule is CC1COC(CO)CN1C[B-](F)(F)F.[K+]. The number of ether oxygens (including phenoxy) is 1. The molecule has 1 fully saturated rings. The Balaban J connectivity index is 0.00000196. The Hall–Kier alpha value is 1.37. The maximum Gasteiger partial charge on any atom is 1.00 e. The standard InChI is InChI=1S/C7H14BF3NO2.K/c1-6-4-14-7(3-13)2-12(6)5-8(9,10)11;/h6-7,13H,2-5H2,1H3;/q-1;+1. The summed E-state index contributed by atoms with van der Waals surface area (Å²) in [6, 6.07) is -0.235. The zero-order valence-corrected chi connectivity index (χ0v) is 12.1. The summed E-state index contributed by atoms with van der Waals surface area (Å²) in [7, 11) is 0. The first-order valence-electron chi connectivity index (χ1n) is 4.60. The van der Waals surface area contributed by atoms with Crippen LogP contribution < -0.4 is 51.4 Å². The van der Waals surface area contributed by atoms with Crippen molar-refractivity contribution in [1.29, 1.82) is 0 Å². The number of rotatable bonds is 3. The van der Waals surface area contributed by atoms with Crippen LogP contribution in [0, 0.1) is 0 Å². The third-order valence-corrected chi connectivity index (χ3v) is 2.28. The van der Waals surface area contributed by atoms with Gasteiger partial charge in [0.2, 0.25) is 0 Å². The average molecular weight is 251 g/mol. The Morgan fingerprint density at radius 1 is 1.47 bits per heavy atom. The molecule has 3 nitrogen and oxygen atoms in total. The summed E-state index contributed by atoms with van der Waals surface area (Å²) in [6.45, 7) is -2.94. The van der Waals surface area contributed by atoms with Crippen LogP contribution >= 0.6 is 0 Å². The minimum absolute atomic E-state index is 0. The van der Waals surface area contributed by atoms with Crippen molar-refractivity contribution in [2.45, 2.75) is 19.1 Å². The molecule has 1 aliphatic rings. The first kappa shape index (κ1) is 16.4. The van der Waals surface area contributed by atoms with E-state index in [9.17, 15) is 12.9 Å². The summed E-state index contributed by atoms with van der Waals surface area (Å²) >= 11 is 0. The van der Waals surface area contributed by atoms with Crippen LogP contribution in [0.15, 0.2) is 0 Å². The zero-order chi connectivity index (χ0) is 10.8. The van der Waals surface area contributed by atoms with E-state index in [1.807, 2.05) is 0 Å². The third kappa shape index (κ3) is 6.02. The largest absolute Gasteiger partial charge is 1.00 e. The second kappa shape index (κ2) is 6.95. The monoisotopic (exact) mass is 251 g/mol. The molecular formula is C7H14BF3KNO2. The van der Waals surface area contributed by atoms with Crippen molar-refractivity contribution in [2.24, 2.45) is 0 Å². The second-order valence-corrected chi connectivity index (χ2v) is 3.65. The summed E-state index contributed by atoms with van der Waals surface area (Å²) in [5, 5.41) is 8.77. The van der Waals surface area contributed by atoms with Gasteiger partial charge in [0.05, 0.1) is 19.3 Å². The number of halogens is 3. The molecule has 1 N–H and O–H groups in total. The smallest absolute Gasteiger partial charge is 0.448 e. The van der Waals surface area contributed by atoms with Crippen molar-refractivity contribution in [3.8, 4) is 0 Å². The van der Waals surface area contributed by atoms with E-state index >= 15 is 0 Å². The van der Waals surface area contributed by atoms with Crippen LogP contribution in [-0.2, 0) is 4.74 Å².